The average molecular weight is 341 g/mol. The second-order valence-electron chi connectivity index (χ2n) is 5.71. The number of halogens is 1. The van der Waals surface area contributed by atoms with Crippen LogP contribution in [0, 0.1) is 6.92 Å². The fourth-order valence-electron chi connectivity index (χ4n) is 2.94. The molecule has 5 nitrogen and oxygen atoms in total. The van der Waals surface area contributed by atoms with Gasteiger partial charge < -0.3 is 0 Å². The van der Waals surface area contributed by atoms with Crippen molar-refractivity contribution in [2.75, 3.05) is 4.90 Å². The number of imide groups is 1. The molecule has 1 saturated heterocycles. The van der Waals surface area contributed by atoms with E-state index in [-0.39, 0.29) is 5.91 Å². The van der Waals surface area contributed by atoms with Crippen molar-refractivity contribution in [1.29, 1.82) is 0 Å². The predicted octanol–water partition coefficient (Wildman–Crippen LogP) is 2.84. The van der Waals surface area contributed by atoms with Crippen LogP contribution < -0.4 is 10.4 Å². The first-order valence-corrected chi connectivity index (χ1v) is 7.81. The lowest BCUT2D eigenvalue weighted by atomic mass is 10.1. The maximum atomic E-state index is 12.9. The monoisotopic (exact) mass is 340 g/mol. The van der Waals surface area contributed by atoms with Gasteiger partial charge in [0, 0.05) is 10.6 Å². The highest BCUT2D eigenvalue weighted by Crippen LogP contribution is 2.36. The SMILES string of the molecule is Cc1cccc(N2C(=O)C3=C(c4ccc(Cl)cc4)NO[C@H]3C2=O)c1. The van der Waals surface area contributed by atoms with Crippen molar-refractivity contribution in [3.8, 4) is 0 Å². The van der Waals surface area contributed by atoms with Gasteiger partial charge in [0.05, 0.1) is 17.0 Å². The van der Waals surface area contributed by atoms with Gasteiger partial charge in [0.2, 0.25) is 0 Å². The number of benzene rings is 2. The van der Waals surface area contributed by atoms with Gasteiger partial charge in [-0.05, 0) is 36.8 Å². The number of carbonyl (C=O) groups is 2. The van der Waals surface area contributed by atoms with Crippen molar-refractivity contribution in [3.63, 3.8) is 0 Å². The van der Waals surface area contributed by atoms with E-state index in [1.807, 2.05) is 19.1 Å². The predicted molar refractivity (Wildman–Crippen MR) is 90.1 cm³/mol. The highest BCUT2D eigenvalue weighted by molar-refractivity contribution is 6.33. The number of amides is 2. The molecule has 2 amide bonds. The average Bonchev–Trinajstić information content (AvgIpc) is 3.09. The van der Waals surface area contributed by atoms with E-state index in [9.17, 15) is 9.59 Å². The van der Waals surface area contributed by atoms with Crippen LogP contribution >= 0.6 is 11.6 Å². The molecule has 1 fully saturated rings. The van der Waals surface area contributed by atoms with E-state index in [2.05, 4.69) is 5.48 Å². The molecule has 0 aromatic heterocycles. The van der Waals surface area contributed by atoms with Gasteiger partial charge in [-0.25, -0.2) is 4.90 Å². The molecule has 0 radical (unpaired) electrons. The molecule has 0 spiro atoms. The normalized spacial score (nSPS) is 19.8. The summed E-state index contributed by atoms with van der Waals surface area (Å²) >= 11 is 5.90. The molecular formula is C18H13ClN2O3. The zero-order valence-corrected chi connectivity index (χ0v) is 13.5. The van der Waals surface area contributed by atoms with Gasteiger partial charge in [-0.3, -0.25) is 19.9 Å². The number of hydroxylamine groups is 1. The van der Waals surface area contributed by atoms with E-state index < -0.39 is 12.0 Å². The smallest absolute Gasteiger partial charge is 0.270 e. The zero-order chi connectivity index (χ0) is 16.8. The Kier molecular flexibility index (Phi) is 3.40. The van der Waals surface area contributed by atoms with Crippen molar-refractivity contribution in [3.05, 3.63) is 70.3 Å². The summed E-state index contributed by atoms with van der Waals surface area (Å²) in [5, 5.41) is 0.593. The summed E-state index contributed by atoms with van der Waals surface area (Å²) < 4.78 is 0. The van der Waals surface area contributed by atoms with E-state index in [4.69, 9.17) is 16.4 Å². The molecule has 0 unspecified atom stereocenters. The summed E-state index contributed by atoms with van der Waals surface area (Å²) in [7, 11) is 0. The molecule has 6 heteroatoms. The van der Waals surface area contributed by atoms with Crippen molar-refractivity contribution in [2.45, 2.75) is 13.0 Å². The molecule has 120 valence electrons. The lowest BCUT2D eigenvalue weighted by Crippen LogP contribution is -2.34. The minimum Gasteiger partial charge on any atom is -0.270 e. The van der Waals surface area contributed by atoms with Crippen molar-refractivity contribution < 1.29 is 14.4 Å². The Balaban J connectivity index is 1.79. The van der Waals surface area contributed by atoms with Crippen LogP contribution in [0.5, 0.6) is 0 Å². The summed E-state index contributed by atoms with van der Waals surface area (Å²) in [5.74, 6) is -0.761. The van der Waals surface area contributed by atoms with E-state index in [0.717, 1.165) is 11.1 Å². The van der Waals surface area contributed by atoms with Crippen LogP contribution in [0.25, 0.3) is 5.70 Å². The molecule has 2 aliphatic rings. The molecule has 1 N–H and O–H groups in total. The molecule has 2 aromatic rings. The third kappa shape index (κ3) is 2.21. The van der Waals surface area contributed by atoms with E-state index in [1.165, 1.54) is 4.90 Å². The number of anilines is 1. The standard InChI is InChI=1S/C18H13ClN2O3/c1-10-3-2-4-13(9-10)21-17(22)14-15(20-24-16(14)18(21)23)11-5-7-12(19)8-6-11/h2-9,16,20H,1H3/t16-/m1/s1. The summed E-state index contributed by atoms with van der Waals surface area (Å²) in [4.78, 5) is 32.0. The fourth-order valence-corrected chi connectivity index (χ4v) is 3.06. The maximum absolute atomic E-state index is 12.9. The second-order valence-corrected chi connectivity index (χ2v) is 6.15. The summed E-state index contributed by atoms with van der Waals surface area (Å²) in [6.45, 7) is 1.91. The van der Waals surface area contributed by atoms with Crippen LogP contribution in [0.1, 0.15) is 11.1 Å². The van der Waals surface area contributed by atoms with Crippen LogP contribution in [-0.2, 0) is 14.4 Å². The molecule has 2 heterocycles. The number of nitrogens with one attached hydrogen (secondary N) is 1. The number of nitrogens with zero attached hydrogens (tertiary/aromatic N) is 1. The molecule has 0 saturated carbocycles. The molecule has 2 aromatic carbocycles. The van der Waals surface area contributed by atoms with Crippen LogP contribution in [-0.4, -0.2) is 17.9 Å². The van der Waals surface area contributed by atoms with Gasteiger partial charge >= 0.3 is 0 Å². The largest absolute Gasteiger partial charge is 0.270 e. The quantitative estimate of drug-likeness (QED) is 0.854. The van der Waals surface area contributed by atoms with Gasteiger partial charge in [-0.1, -0.05) is 35.9 Å². The Morgan fingerprint density at radius 2 is 1.88 bits per heavy atom. The molecule has 0 bridgehead atoms. The molecule has 4 rings (SSSR count). The van der Waals surface area contributed by atoms with Gasteiger partial charge in [0.15, 0.2) is 6.10 Å². The third-order valence-electron chi connectivity index (χ3n) is 4.08. The Labute approximate surface area is 143 Å². The Morgan fingerprint density at radius 3 is 2.58 bits per heavy atom. The van der Waals surface area contributed by atoms with Crippen molar-refractivity contribution >= 4 is 34.8 Å². The molecule has 24 heavy (non-hydrogen) atoms. The topological polar surface area (TPSA) is 58.6 Å². The zero-order valence-electron chi connectivity index (χ0n) is 12.7. The Hall–Kier alpha value is -2.63. The first-order chi connectivity index (χ1) is 11.6. The van der Waals surface area contributed by atoms with Gasteiger partial charge in [0.1, 0.15) is 0 Å². The first-order valence-electron chi connectivity index (χ1n) is 7.43. The highest BCUT2D eigenvalue weighted by Gasteiger charge is 2.50. The maximum Gasteiger partial charge on any atom is 0.270 e. The minimum absolute atomic E-state index is 0.323. The number of fused-ring (bicyclic) bond motifs is 1. The summed E-state index contributed by atoms with van der Waals surface area (Å²) in [6, 6.07) is 14.2. The van der Waals surface area contributed by atoms with Crippen LogP contribution in [0.2, 0.25) is 5.02 Å². The highest BCUT2D eigenvalue weighted by atomic mass is 35.5. The van der Waals surface area contributed by atoms with Crippen molar-refractivity contribution in [2.24, 2.45) is 0 Å². The molecule has 2 aliphatic heterocycles. The Bertz CT molecular complexity index is 889. The first kappa shape index (κ1) is 14.9. The molecular weight excluding hydrogens is 328 g/mol. The van der Waals surface area contributed by atoms with Gasteiger partial charge in [-0.15, -0.1) is 0 Å². The van der Waals surface area contributed by atoms with Crippen LogP contribution in [0.4, 0.5) is 5.69 Å². The van der Waals surface area contributed by atoms with Crippen LogP contribution in [0.3, 0.4) is 0 Å². The van der Waals surface area contributed by atoms with Gasteiger partial charge in [0.25, 0.3) is 11.8 Å². The van der Waals surface area contributed by atoms with E-state index in [1.54, 1.807) is 36.4 Å². The number of hydrogen-bond donors (Lipinski definition) is 1. The van der Waals surface area contributed by atoms with Crippen LogP contribution in [0.15, 0.2) is 54.1 Å². The lowest BCUT2D eigenvalue weighted by Gasteiger charge is -2.16. The number of carbonyl (C=O) groups excluding carboxylic acids is 2. The second kappa shape index (κ2) is 5.47. The summed E-state index contributed by atoms with van der Waals surface area (Å²) in [6.07, 6.45) is -0.927. The van der Waals surface area contributed by atoms with E-state index >= 15 is 0 Å². The Morgan fingerprint density at radius 1 is 1.12 bits per heavy atom. The fraction of sp³-hybridized carbons (Fsp3) is 0.111. The third-order valence-corrected chi connectivity index (χ3v) is 4.33. The lowest BCUT2D eigenvalue weighted by molar-refractivity contribution is -0.127. The minimum atomic E-state index is -0.927. The number of aryl methyl sites for hydroxylation is 1. The summed E-state index contributed by atoms with van der Waals surface area (Å²) in [5.41, 5.74) is 5.79. The number of rotatable bonds is 2. The van der Waals surface area contributed by atoms with Crippen molar-refractivity contribution in [1.82, 2.24) is 5.48 Å². The molecule has 1 atom stereocenters. The van der Waals surface area contributed by atoms with Gasteiger partial charge in [-0.2, -0.15) is 0 Å². The number of hydrogen-bond acceptors (Lipinski definition) is 4. The van der Waals surface area contributed by atoms with E-state index in [0.29, 0.717) is 22.0 Å². The molecule has 0 aliphatic carbocycles.